The zero-order chi connectivity index (χ0) is 20.9. The van der Waals surface area contributed by atoms with Gasteiger partial charge in [-0.15, -0.1) is 0 Å². The smallest absolute Gasteiger partial charge is 0.321 e. The predicted molar refractivity (Wildman–Crippen MR) is 112 cm³/mol. The van der Waals surface area contributed by atoms with Gasteiger partial charge < -0.3 is 24.6 Å². The summed E-state index contributed by atoms with van der Waals surface area (Å²) in [6.45, 7) is 4.47. The lowest BCUT2D eigenvalue weighted by atomic mass is 9.78. The molecule has 0 radical (unpaired) electrons. The standard InChI is InChI=1S/C22H33N3O4/c1-4-28-19-8-6-5-7-18(19)23-21(27)25-12-10-22(11-13-25)16-17(9-14-29-22)15-20(26)24(2)3/h5-8,17H,4,9-16H2,1-3H3,(H,23,27). The molecule has 1 unspecified atom stereocenters. The number of nitrogens with one attached hydrogen (secondary N) is 1. The highest BCUT2D eigenvalue weighted by atomic mass is 16.5. The molecule has 2 fully saturated rings. The van der Waals surface area contributed by atoms with Gasteiger partial charge in [-0.2, -0.15) is 0 Å². The Labute approximate surface area is 173 Å². The van der Waals surface area contributed by atoms with E-state index in [2.05, 4.69) is 5.32 Å². The molecule has 1 aromatic rings. The second kappa shape index (κ2) is 9.48. The van der Waals surface area contributed by atoms with Crippen molar-refractivity contribution >= 4 is 17.6 Å². The van der Waals surface area contributed by atoms with Crippen molar-refractivity contribution in [3.05, 3.63) is 24.3 Å². The molecule has 7 nitrogen and oxygen atoms in total. The Hall–Kier alpha value is -2.28. The maximum Gasteiger partial charge on any atom is 0.321 e. The van der Waals surface area contributed by atoms with Gasteiger partial charge in [-0.25, -0.2) is 4.79 Å². The first-order chi connectivity index (χ1) is 13.9. The van der Waals surface area contributed by atoms with Gasteiger partial charge in [-0.1, -0.05) is 12.1 Å². The first-order valence-corrected chi connectivity index (χ1v) is 10.5. The molecule has 1 aromatic carbocycles. The molecule has 1 N–H and O–H groups in total. The van der Waals surface area contributed by atoms with Gasteiger partial charge in [0, 0.05) is 40.2 Å². The highest BCUT2D eigenvalue weighted by molar-refractivity contribution is 5.91. The van der Waals surface area contributed by atoms with Crippen molar-refractivity contribution in [3.8, 4) is 5.75 Å². The van der Waals surface area contributed by atoms with Crippen LogP contribution in [0.4, 0.5) is 10.5 Å². The van der Waals surface area contributed by atoms with Crippen LogP contribution in [0.3, 0.4) is 0 Å². The molecule has 160 valence electrons. The minimum atomic E-state index is -0.199. The van der Waals surface area contributed by atoms with Crippen LogP contribution in [0.2, 0.25) is 0 Å². The Morgan fingerprint density at radius 2 is 2.00 bits per heavy atom. The molecule has 0 bridgehead atoms. The summed E-state index contributed by atoms with van der Waals surface area (Å²) in [6.07, 6.45) is 4.02. The van der Waals surface area contributed by atoms with E-state index in [0.717, 1.165) is 25.7 Å². The SMILES string of the molecule is CCOc1ccccc1NC(=O)N1CCC2(CC1)CC(CC(=O)N(C)C)CCO2. The molecule has 0 saturated carbocycles. The topological polar surface area (TPSA) is 71.1 Å². The van der Waals surface area contributed by atoms with E-state index in [-0.39, 0.29) is 17.5 Å². The monoisotopic (exact) mass is 403 g/mol. The van der Waals surface area contributed by atoms with E-state index in [9.17, 15) is 9.59 Å². The lowest BCUT2D eigenvalue weighted by molar-refractivity contribution is -0.138. The number of nitrogens with zero attached hydrogens (tertiary/aromatic N) is 2. The van der Waals surface area contributed by atoms with Gasteiger partial charge >= 0.3 is 6.03 Å². The Morgan fingerprint density at radius 3 is 2.69 bits per heavy atom. The molecule has 2 heterocycles. The third kappa shape index (κ3) is 5.41. The van der Waals surface area contributed by atoms with Crippen molar-refractivity contribution in [2.45, 2.75) is 44.6 Å². The molecule has 0 aliphatic carbocycles. The quantitative estimate of drug-likeness (QED) is 0.818. The van der Waals surface area contributed by atoms with Crippen molar-refractivity contribution in [3.63, 3.8) is 0 Å². The number of amides is 3. The van der Waals surface area contributed by atoms with Crippen molar-refractivity contribution in [2.75, 3.05) is 45.7 Å². The number of carbonyl (C=O) groups is 2. The second-order valence-electron chi connectivity index (χ2n) is 8.23. The summed E-state index contributed by atoms with van der Waals surface area (Å²) in [5.74, 6) is 1.22. The van der Waals surface area contributed by atoms with E-state index in [1.807, 2.05) is 36.1 Å². The molecule has 29 heavy (non-hydrogen) atoms. The van der Waals surface area contributed by atoms with Crippen LogP contribution in [0, 0.1) is 5.92 Å². The van der Waals surface area contributed by atoms with E-state index < -0.39 is 0 Å². The van der Waals surface area contributed by atoms with Gasteiger partial charge in [0.1, 0.15) is 5.75 Å². The molecule has 2 aliphatic rings. The number of benzene rings is 1. The number of piperidine rings is 1. The summed E-state index contributed by atoms with van der Waals surface area (Å²) in [5.41, 5.74) is 0.492. The van der Waals surface area contributed by atoms with Crippen LogP contribution < -0.4 is 10.1 Å². The average molecular weight is 404 g/mol. The van der Waals surface area contributed by atoms with Crippen LogP contribution in [0.15, 0.2) is 24.3 Å². The van der Waals surface area contributed by atoms with Crippen molar-refractivity contribution in [2.24, 2.45) is 5.92 Å². The molecule has 0 aromatic heterocycles. The molecule has 3 amide bonds. The van der Waals surface area contributed by atoms with Crippen LogP contribution in [0.5, 0.6) is 5.75 Å². The number of likely N-dealkylation sites (tertiary alicyclic amines) is 1. The fourth-order valence-electron chi connectivity index (χ4n) is 4.24. The maximum absolute atomic E-state index is 12.7. The van der Waals surface area contributed by atoms with Gasteiger partial charge in [-0.3, -0.25) is 4.79 Å². The van der Waals surface area contributed by atoms with Crippen molar-refractivity contribution < 1.29 is 19.1 Å². The third-order valence-electron chi connectivity index (χ3n) is 5.95. The van der Waals surface area contributed by atoms with Gasteiger partial charge in [0.25, 0.3) is 0 Å². The van der Waals surface area contributed by atoms with Crippen LogP contribution in [0.1, 0.15) is 39.0 Å². The minimum absolute atomic E-state index is 0.109. The van der Waals surface area contributed by atoms with E-state index in [1.165, 1.54) is 0 Å². The van der Waals surface area contributed by atoms with Crippen LogP contribution >= 0.6 is 0 Å². The highest BCUT2D eigenvalue weighted by Crippen LogP contribution is 2.39. The number of rotatable bonds is 5. The average Bonchev–Trinajstić information content (AvgIpc) is 2.70. The van der Waals surface area contributed by atoms with Crippen LogP contribution in [-0.4, -0.2) is 67.7 Å². The summed E-state index contributed by atoms with van der Waals surface area (Å²) >= 11 is 0. The Morgan fingerprint density at radius 1 is 1.28 bits per heavy atom. The summed E-state index contributed by atoms with van der Waals surface area (Å²) in [6, 6.07) is 7.37. The molecular weight excluding hydrogens is 370 g/mol. The largest absolute Gasteiger partial charge is 0.492 e. The number of para-hydroxylation sites is 2. The third-order valence-corrected chi connectivity index (χ3v) is 5.95. The maximum atomic E-state index is 12.7. The summed E-state index contributed by atoms with van der Waals surface area (Å²) in [4.78, 5) is 28.3. The van der Waals surface area contributed by atoms with Gasteiger partial charge in [-0.05, 0) is 50.7 Å². The van der Waals surface area contributed by atoms with E-state index >= 15 is 0 Å². The number of ether oxygens (including phenoxy) is 2. The van der Waals surface area contributed by atoms with Crippen molar-refractivity contribution in [1.29, 1.82) is 0 Å². The van der Waals surface area contributed by atoms with Gasteiger partial charge in [0.05, 0.1) is 17.9 Å². The van der Waals surface area contributed by atoms with E-state index in [1.54, 1.807) is 19.0 Å². The number of carbonyl (C=O) groups excluding carboxylic acids is 2. The molecule has 3 rings (SSSR count). The molecule has 1 atom stereocenters. The summed E-state index contributed by atoms with van der Waals surface area (Å²) in [5, 5.41) is 2.97. The molecule has 2 saturated heterocycles. The molecule has 2 aliphatic heterocycles. The number of anilines is 1. The normalized spacial score (nSPS) is 20.9. The van der Waals surface area contributed by atoms with Crippen molar-refractivity contribution in [1.82, 2.24) is 9.80 Å². The fourth-order valence-corrected chi connectivity index (χ4v) is 4.24. The highest BCUT2D eigenvalue weighted by Gasteiger charge is 2.41. The predicted octanol–water partition coefficient (Wildman–Crippen LogP) is 3.36. The lowest BCUT2D eigenvalue weighted by Crippen LogP contribution is -2.51. The Balaban J connectivity index is 1.54. The Kier molecular flexibility index (Phi) is 7.00. The van der Waals surface area contributed by atoms with E-state index in [0.29, 0.717) is 50.1 Å². The van der Waals surface area contributed by atoms with Gasteiger partial charge in [0.15, 0.2) is 0 Å². The summed E-state index contributed by atoms with van der Waals surface area (Å²) < 4.78 is 11.8. The Bertz CT molecular complexity index is 714. The zero-order valence-electron chi connectivity index (χ0n) is 17.8. The number of urea groups is 1. The minimum Gasteiger partial charge on any atom is -0.492 e. The van der Waals surface area contributed by atoms with E-state index in [4.69, 9.17) is 9.47 Å². The number of hydrogen-bond donors (Lipinski definition) is 1. The lowest BCUT2D eigenvalue weighted by Gasteiger charge is -2.46. The first-order valence-electron chi connectivity index (χ1n) is 10.5. The van der Waals surface area contributed by atoms with Crippen LogP contribution in [-0.2, 0) is 9.53 Å². The first kappa shape index (κ1) is 21.4. The zero-order valence-corrected chi connectivity index (χ0v) is 17.8. The summed E-state index contributed by atoms with van der Waals surface area (Å²) in [7, 11) is 3.61. The van der Waals surface area contributed by atoms with Gasteiger partial charge in [0.2, 0.25) is 5.91 Å². The fraction of sp³-hybridized carbons (Fsp3) is 0.636. The second-order valence-corrected chi connectivity index (χ2v) is 8.23. The van der Waals surface area contributed by atoms with Crippen LogP contribution in [0.25, 0.3) is 0 Å². The number of hydrogen-bond acceptors (Lipinski definition) is 4. The molecule has 1 spiro atoms. The molecular formula is C22H33N3O4. The molecule has 7 heteroatoms.